The van der Waals surface area contributed by atoms with Gasteiger partial charge in [0.25, 0.3) is 0 Å². The number of carbonyl (C=O) groups excluding carboxylic acids is 3. The van der Waals surface area contributed by atoms with E-state index in [0.29, 0.717) is 11.4 Å². The van der Waals surface area contributed by atoms with Crippen LogP contribution in [0, 0.1) is 0 Å². The number of rotatable bonds is 5. The van der Waals surface area contributed by atoms with Crippen LogP contribution in [0.4, 0.5) is 11.4 Å². The molecule has 1 aliphatic rings. The standard InChI is InChI=1S/C26H20N2O3S/c29-24(27-20-13-12-17-6-1-2-8-19(17)14-20)16-32-23-15-25(30)28(26(23)31)22-11-5-9-18-7-3-4-10-21(18)22/h1-14,23H,15-16H2,(H,27,29). The van der Waals surface area contributed by atoms with Crippen molar-refractivity contribution in [2.75, 3.05) is 16.0 Å². The molecule has 1 heterocycles. The van der Waals surface area contributed by atoms with Gasteiger partial charge in [-0.3, -0.25) is 14.4 Å². The van der Waals surface area contributed by atoms with Gasteiger partial charge in [-0.1, -0.05) is 66.7 Å². The van der Waals surface area contributed by atoms with Crippen LogP contribution in [0.25, 0.3) is 21.5 Å². The summed E-state index contributed by atoms with van der Waals surface area (Å²) in [5.41, 5.74) is 1.31. The Balaban J connectivity index is 1.26. The third kappa shape index (κ3) is 3.85. The maximum absolute atomic E-state index is 13.0. The molecule has 1 saturated heterocycles. The topological polar surface area (TPSA) is 66.5 Å². The molecule has 1 aliphatic heterocycles. The van der Waals surface area contributed by atoms with E-state index >= 15 is 0 Å². The predicted molar refractivity (Wildman–Crippen MR) is 130 cm³/mol. The first-order valence-corrected chi connectivity index (χ1v) is 11.4. The quantitative estimate of drug-likeness (QED) is 0.444. The minimum Gasteiger partial charge on any atom is -0.325 e. The molecule has 0 spiro atoms. The summed E-state index contributed by atoms with van der Waals surface area (Å²) in [5.74, 6) is -0.609. The van der Waals surface area contributed by atoms with Gasteiger partial charge in [0.1, 0.15) is 0 Å². The summed E-state index contributed by atoms with van der Waals surface area (Å²) in [4.78, 5) is 39.5. The van der Waals surface area contributed by atoms with Crippen molar-refractivity contribution in [2.45, 2.75) is 11.7 Å². The summed E-state index contributed by atoms with van der Waals surface area (Å²) < 4.78 is 0. The van der Waals surface area contributed by atoms with Gasteiger partial charge in [-0.15, -0.1) is 11.8 Å². The fraction of sp³-hybridized carbons (Fsp3) is 0.115. The van der Waals surface area contributed by atoms with Crippen molar-refractivity contribution in [2.24, 2.45) is 0 Å². The average molecular weight is 441 g/mol. The molecule has 0 radical (unpaired) electrons. The van der Waals surface area contributed by atoms with Gasteiger partial charge in [-0.2, -0.15) is 0 Å². The molecule has 0 bridgehead atoms. The van der Waals surface area contributed by atoms with Crippen LogP contribution in [0.1, 0.15) is 6.42 Å². The Kier molecular flexibility index (Phi) is 5.37. The summed E-state index contributed by atoms with van der Waals surface area (Å²) in [6.07, 6.45) is 0.0932. The van der Waals surface area contributed by atoms with E-state index in [2.05, 4.69) is 5.32 Å². The van der Waals surface area contributed by atoms with E-state index in [0.717, 1.165) is 21.5 Å². The average Bonchev–Trinajstić information content (AvgIpc) is 3.10. The van der Waals surface area contributed by atoms with E-state index in [1.807, 2.05) is 78.9 Å². The second kappa shape index (κ2) is 8.48. The first kappa shape index (κ1) is 20.3. The van der Waals surface area contributed by atoms with Crippen LogP contribution in [0.3, 0.4) is 0 Å². The Morgan fingerprint density at radius 3 is 2.44 bits per heavy atom. The van der Waals surface area contributed by atoms with Crippen molar-refractivity contribution in [1.82, 2.24) is 0 Å². The van der Waals surface area contributed by atoms with Gasteiger partial charge in [0.15, 0.2) is 0 Å². The second-order valence-electron chi connectivity index (χ2n) is 7.68. The Labute approximate surface area is 189 Å². The molecule has 1 N–H and O–H groups in total. The number of nitrogens with one attached hydrogen (secondary N) is 1. The largest absolute Gasteiger partial charge is 0.325 e. The van der Waals surface area contributed by atoms with Crippen molar-refractivity contribution < 1.29 is 14.4 Å². The highest BCUT2D eigenvalue weighted by Crippen LogP contribution is 2.34. The summed E-state index contributed by atoms with van der Waals surface area (Å²) in [7, 11) is 0. The van der Waals surface area contributed by atoms with Crippen molar-refractivity contribution in [3.05, 3.63) is 84.9 Å². The van der Waals surface area contributed by atoms with Crippen LogP contribution in [0.2, 0.25) is 0 Å². The van der Waals surface area contributed by atoms with E-state index in [9.17, 15) is 14.4 Å². The van der Waals surface area contributed by atoms with Gasteiger partial charge >= 0.3 is 0 Å². The first-order valence-electron chi connectivity index (χ1n) is 10.3. The molecule has 32 heavy (non-hydrogen) atoms. The van der Waals surface area contributed by atoms with Crippen LogP contribution in [-0.4, -0.2) is 28.7 Å². The summed E-state index contributed by atoms with van der Waals surface area (Å²) >= 11 is 1.21. The lowest BCUT2D eigenvalue weighted by atomic mass is 10.1. The highest BCUT2D eigenvalue weighted by atomic mass is 32.2. The maximum atomic E-state index is 13.0. The zero-order valence-electron chi connectivity index (χ0n) is 17.2. The Bertz CT molecular complexity index is 1360. The third-order valence-electron chi connectivity index (χ3n) is 5.56. The fourth-order valence-electron chi connectivity index (χ4n) is 4.03. The number of nitrogens with zero attached hydrogens (tertiary/aromatic N) is 1. The molecule has 1 unspecified atom stereocenters. The third-order valence-corrected chi connectivity index (χ3v) is 6.76. The van der Waals surface area contributed by atoms with Crippen LogP contribution < -0.4 is 10.2 Å². The van der Waals surface area contributed by atoms with Crippen molar-refractivity contribution in [1.29, 1.82) is 0 Å². The normalized spacial score (nSPS) is 16.1. The van der Waals surface area contributed by atoms with Crippen molar-refractivity contribution >= 4 is 62.4 Å². The minimum absolute atomic E-state index is 0.0932. The fourth-order valence-corrected chi connectivity index (χ4v) is 4.96. The first-order chi connectivity index (χ1) is 15.6. The number of thioether (sulfide) groups is 1. The summed E-state index contributed by atoms with van der Waals surface area (Å²) in [5, 5.41) is 6.28. The number of hydrogen-bond donors (Lipinski definition) is 1. The summed E-state index contributed by atoms with van der Waals surface area (Å²) in [6, 6.07) is 26.9. The van der Waals surface area contributed by atoms with Gasteiger partial charge in [-0.05, 0) is 34.4 Å². The van der Waals surface area contributed by atoms with Crippen molar-refractivity contribution in [3.8, 4) is 0 Å². The monoisotopic (exact) mass is 440 g/mol. The van der Waals surface area contributed by atoms with Gasteiger partial charge in [-0.25, -0.2) is 4.90 Å². The molecule has 5 rings (SSSR count). The molecular weight excluding hydrogens is 420 g/mol. The highest BCUT2D eigenvalue weighted by Gasteiger charge is 2.40. The highest BCUT2D eigenvalue weighted by molar-refractivity contribution is 8.01. The van der Waals surface area contributed by atoms with Gasteiger partial charge < -0.3 is 5.32 Å². The Morgan fingerprint density at radius 2 is 1.59 bits per heavy atom. The van der Waals surface area contributed by atoms with Crippen LogP contribution in [0.15, 0.2) is 84.9 Å². The number of amides is 3. The zero-order chi connectivity index (χ0) is 22.1. The molecule has 0 aliphatic carbocycles. The molecule has 4 aromatic rings. The molecule has 0 aromatic heterocycles. The Hall–Kier alpha value is -3.64. The number of carbonyl (C=O) groups is 3. The van der Waals surface area contributed by atoms with E-state index in [1.54, 1.807) is 6.07 Å². The van der Waals surface area contributed by atoms with Crippen LogP contribution >= 0.6 is 11.8 Å². The lowest BCUT2D eigenvalue weighted by Gasteiger charge is -2.17. The molecule has 158 valence electrons. The smallest absolute Gasteiger partial charge is 0.247 e. The van der Waals surface area contributed by atoms with E-state index in [-0.39, 0.29) is 29.9 Å². The van der Waals surface area contributed by atoms with Crippen molar-refractivity contribution in [3.63, 3.8) is 0 Å². The minimum atomic E-state index is -0.566. The number of hydrogen-bond acceptors (Lipinski definition) is 4. The number of anilines is 2. The number of benzene rings is 4. The van der Waals surface area contributed by atoms with E-state index in [4.69, 9.17) is 0 Å². The molecule has 0 saturated carbocycles. The predicted octanol–water partition coefficient (Wildman–Crippen LogP) is 5.00. The van der Waals surface area contributed by atoms with Gasteiger partial charge in [0, 0.05) is 17.5 Å². The lowest BCUT2D eigenvalue weighted by molar-refractivity contribution is -0.121. The molecule has 1 atom stereocenters. The molecule has 6 heteroatoms. The van der Waals surface area contributed by atoms with E-state index in [1.165, 1.54) is 16.7 Å². The zero-order valence-corrected chi connectivity index (χ0v) is 18.0. The van der Waals surface area contributed by atoms with Gasteiger partial charge in [0.05, 0.1) is 16.7 Å². The summed E-state index contributed by atoms with van der Waals surface area (Å²) in [6.45, 7) is 0. The molecule has 4 aromatic carbocycles. The molecule has 5 nitrogen and oxygen atoms in total. The number of fused-ring (bicyclic) bond motifs is 2. The Morgan fingerprint density at radius 1 is 0.875 bits per heavy atom. The molecule has 3 amide bonds. The molecular formula is C26H20N2O3S. The van der Waals surface area contributed by atoms with Crippen LogP contribution in [0.5, 0.6) is 0 Å². The van der Waals surface area contributed by atoms with Crippen LogP contribution in [-0.2, 0) is 14.4 Å². The number of imide groups is 1. The van der Waals surface area contributed by atoms with E-state index < -0.39 is 5.25 Å². The molecule has 1 fully saturated rings. The lowest BCUT2D eigenvalue weighted by Crippen LogP contribution is -2.31. The second-order valence-corrected chi connectivity index (χ2v) is 8.87. The maximum Gasteiger partial charge on any atom is 0.247 e. The SMILES string of the molecule is O=C(CSC1CC(=O)N(c2cccc3ccccc23)C1=O)Nc1ccc2ccccc2c1. The van der Waals surface area contributed by atoms with Gasteiger partial charge in [0.2, 0.25) is 17.7 Å².